The van der Waals surface area contributed by atoms with Crippen LogP contribution >= 0.6 is 0 Å². The smallest absolute Gasteiger partial charge is 0.244 e. The van der Waals surface area contributed by atoms with E-state index in [0.717, 1.165) is 0 Å². The van der Waals surface area contributed by atoms with Crippen LogP contribution in [-0.2, 0) is 0 Å². The molecule has 0 rings (SSSR count). The minimum atomic E-state index is -3.88. The Hall–Kier alpha value is -0.280. The molecule has 0 aliphatic heterocycles. The fraction of sp³-hybridized carbons (Fsp3) is 0.667. The third-order valence-electron chi connectivity index (χ3n) is 0.338. The largest absolute Gasteiger partial charge is 0.309 e. The van der Waals surface area contributed by atoms with Crippen molar-refractivity contribution in [3.8, 4) is 0 Å². The summed E-state index contributed by atoms with van der Waals surface area (Å²) in [5.74, 6) is -3.88. The molecule has 43 valence electrons. The Labute approximate surface area is 38.1 Å². The molecular weight excluding hydrogens is 112 g/mol. The van der Waals surface area contributed by atoms with Gasteiger partial charge in [0, 0.05) is 0 Å². The Bertz CT molecular complexity index is 44.9. The Kier molecular flexibility index (Phi) is 2.05. The maximum atomic E-state index is 11.1. The zero-order chi connectivity index (χ0) is 5.91. The maximum absolute atomic E-state index is 11.1. The van der Waals surface area contributed by atoms with E-state index < -0.39 is 19.3 Å². The van der Waals surface area contributed by atoms with Crippen LogP contribution in [0, 0.1) is 6.67 Å². The molecule has 0 aromatic heterocycles. The third-order valence-corrected chi connectivity index (χ3v) is 0.338. The first-order chi connectivity index (χ1) is 3.12. The molecule has 4 heteroatoms. The van der Waals surface area contributed by atoms with Crippen molar-refractivity contribution in [2.45, 2.75) is 5.92 Å². The first-order valence-corrected chi connectivity index (χ1v) is 1.51. The molecule has 0 spiro atoms. The van der Waals surface area contributed by atoms with E-state index in [0.29, 0.717) is 0 Å². The van der Waals surface area contributed by atoms with E-state index in [9.17, 15) is 17.6 Å². The van der Waals surface area contributed by atoms with Gasteiger partial charge in [-0.15, -0.1) is 0 Å². The predicted molar refractivity (Wildman–Crippen MR) is 16.3 cm³/mol. The molecule has 0 aliphatic rings. The molecule has 0 fully saturated rings. The Balaban J connectivity index is 3.36. The van der Waals surface area contributed by atoms with Crippen molar-refractivity contribution in [1.82, 2.24) is 0 Å². The number of hydrogen-bond acceptors (Lipinski definition) is 0. The lowest BCUT2D eigenvalue weighted by molar-refractivity contribution is -0.0110. The van der Waals surface area contributed by atoms with Crippen molar-refractivity contribution in [2.24, 2.45) is 0 Å². The highest BCUT2D eigenvalue weighted by atomic mass is 19.3. The monoisotopic (exact) mass is 115 g/mol. The van der Waals surface area contributed by atoms with Crippen LogP contribution < -0.4 is 0 Å². The summed E-state index contributed by atoms with van der Waals surface area (Å²) in [7, 11) is 0. The van der Waals surface area contributed by atoms with Crippen molar-refractivity contribution in [2.75, 3.05) is 6.67 Å². The van der Waals surface area contributed by atoms with Gasteiger partial charge in [-0.05, 0) is 0 Å². The van der Waals surface area contributed by atoms with E-state index in [1.54, 1.807) is 0 Å². The zero-order valence-corrected chi connectivity index (χ0v) is 3.30. The summed E-state index contributed by atoms with van der Waals surface area (Å²) in [5.41, 5.74) is 0. The van der Waals surface area contributed by atoms with Crippen molar-refractivity contribution >= 4 is 0 Å². The Morgan fingerprint density at radius 3 is 1.86 bits per heavy atom. The fourth-order valence-corrected chi connectivity index (χ4v) is 0.0292. The minimum Gasteiger partial charge on any atom is -0.244 e. The van der Waals surface area contributed by atoms with Crippen molar-refractivity contribution < 1.29 is 17.6 Å². The van der Waals surface area contributed by atoms with E-state index in [2.05, 4.69) is 0 Å². The van der Waals surface area contributed by atoms with E-state index in [1.165, 1.54) is 0 Å². The number of alkyl halides is 3. The summed E-state index contributed by atoms with van der Waals surface area (Å²) >= 11 is 0. The van der Waals surface area contributed by atoms with Crippen molar-refractivity contribution in [3.63, 3.8) is 0 Å². The van der Waals surface area contributed by atoms with Crippen LogP contribution in [0.2, 0.25) is 0 Å². The van der Waals surface area contributed by atoms with Gasteiger partial charge in [-0.1, -0.05) is 0 Å². The molecule has 0 saturated carbocycles. The molecule has 0 bridgehead atoms. The van der Waals surface area contributed by atoms with E-state index in [1.807, 2.05) is 0 Å². The molecule has 0 N–H and O–H groups in total. The quantitative estimate of drug-likeness (QED) is 0.480. The van der Waals surface area contributed by atoms with E-state index >= 15 is 0 Å². The van der Waals surface area contributed by atoms with Crippen LogP contribution in [0.4, 0.5) is 17.6 Å². The number of rotatable bonds is 2. The number of halogens is 4. The summed E-state index contributed by atoms with van der Waals surface area (Å²) in [6.45, 7) is -2.93. The summed E-state index contributed by atoms with van der Waals surface area (Å²) in [4.78, 5) is 0. The lowest BCUT2D eigenvalue weighted by Gasteiger charge is -2.02. The van der Waals surface area contributed by atoms with Gasteiger partial charge in [-0.3, -0.25) is 0 Å². The average molecular weight is 115 g/mol. The highest BCUT2D eigenvalue weighted by molar-refractivity contribution is 4.72. The van der Waals surface area contributed by atoms with Gasteiger partial charge in [-0.2, -0.15) is 0 Å². The van der Waals surface area contributed by atoms with Crippen LogP contribution in [0.1, 0.15) is 0 Å². The first kappa shape index (κ1) is 6.72. The molecule has 0 unspecified atom stereocenters. The highest BCUT2D eigenvalue weighted by Crippen LogP contribution is 2.17. The van der Waals surface area contributed by atoms with Gasteiger partial charge in [-0.25, -0.2) is 17.6 Å². The standard InChI is InChI=1S/C3H3F4/c4-1-3(6,7)2-5/h1H,2H2. The van der Waals surface area contributed by atoms with Crippen LogP contribution in [-0.4, -0.2) is 12.6 Å². The van der Waals surface area contributed by atoms with Gasteiger partial charge < -0.3 is 0 Å². The minimum absolute atomic E-state index is 0.965. The highest BCUT2D eigenvalue weighted by Gasteiger charge is 2.29. The molecule has 0 heterocycles. The zero-order valence-electron chi connectivity index (χ0n) is 3.30. The SMILES string of the molecule is F[CH]C(F)(F)CF. The second-order valence-corrected chi connectivity index (χ2v) is 1.00. The lowest BCUT2D eigenvalue weighted by Crippen LogP contribution is -2.16. The molecule has 0 aromatic rings. The summed E-state index contributed by atoms with van der Waals surface area (Å²) < 4.78 is 43.6. The third kappa shape index (κ3) is 2.42. The van der Waals surface area contributed by atoms with Crippen molar-refractivity contribution in [1.29, 1.82) is 0 Å². The van der Waals surface area contributed by atoms with Crippen LogP contribution in [0.15, 0.2) is 0 Å². The Morgan fingerprint density at radius 1 is 1.43 bits per heavy atom. The summed E-state index contributed by atoms with van der Waals surface area (Å²) in [6, 6.07) is 0. The topological polar surface area (TPSA) is 0 Å². The number of hydrogen-bond donors (Lipinski definition) is 0. The molecule has 7 heavy (non-hydrogen) atoms. The first-order valence-electron chi connectivity index (χ1n) is 1.51. The molecule has 0 aromatic carbocycles. The van der Waals surface area contributed by atoms with Gasteiger partial charge in [0.1, 0.15) is 0 Å². The molecule has 1 radical (unpaired) electrons. The van der Waals surface area contributed by atoms with Gasteiger partial charge >= 0.3 is 5.92 Å². The average Bonchev–Trinajstić information content (AvgIpc) is 1.68. The second kappa shape index (κ2) is 2.14. The molecule has 0 amide bonds. The molecular formula is C3H3F4. The van der Waals surface area contributed by atoms with Gasteiger partial charge in [0.2, 0.25) is 6.67 Å². The van der Waals surface area contributed by atoms with Crippen molar-refractivity contribution in [3.05, 3.63) is 6.67 Å². The van der Waals surface area contributed by atoms with Gasteiger partial charge in [0.15, 0.2) is 6.67 Å². The van der Waals surface area contributed by atoms with Crippen LogP contribution in [0.5, 0.6) is 0 Å². The normalized spacial score (nSPS) is 12.0. The molecule has 0 nitrogen and oxygen atoms in total. The predicted octanol–water partition coefficient (Wildman–Crippen LogP) is 1.72. The van der Waals surface area contributed by atoms with E-state index in [-0.39, 0.29) is 0 Å². The van der Waals surface area contributed by atoms with Crippen LogP contribution in [0.25, 0.3) is 0 Å². The molecule has 0 atom stereocenters. The second-order valence-electron chi connectivity index (χ2n) is 1.00. The lowest BCUT2D eigenvalue weighted by atomic mass is 10.4. The van der Waals surface area contributed by atoms with Gasteiger partial charge in [0.25, 0.3) is 0 Å². The molecule has 0 aliphatic carbocycles. The van der Waals surface area contributed by atoms with E-state index in [4.69, 9.17) is 0 Å². The fourth-order valence-electron chi connectivity index (χ4n) is 0.0292. The van der Waals surface area contributed by atoms with Gasteiger partial charge in [0.05, 0.1) is 0 Å². The Morgan fingerprint density at radius 2 is 1.86 bits per heavy atom. The summed E-state index contributed by atoms with van der Waals surface area (Å²) in [6.07, 6.45) is 0. The van der Waals surface area contributed by atoms with Crippen LogP contribution in [0.3, 0.4) is 0 Å². The molecule has 0 saturated heterocycles. The summed E-state index contributed by atoms with van der Waals surface area (Å²) in [5, 5.41) is 0. The maximum Gasteiger partial charge on any atom is 0.309 e.